The molecule has 1 aliphatic heterocycles. The molecule has 5 heteroatoms. The van der Waals surface area contributed by atoms with Crippen LogP contribution in [-0.2, 0) is 12.7 Å². The molecule has 0 N–H and O–H groups in total. The van der Waals surface area contributed by atoms with Crippen LogP contribution in [0.4, 0.5) is 13.2 Å². The van der Waals surface area contributed by atoms with Crippen molar-refractivity contribution in [1.82, 2.24) is 9.55 Å². The average molecular weight is 280 g/mol. The molecular weight excluding hydrogens is 265 g/mol. The highest BCUT2D eigenvalue weighted by Gasteiger charge is 2.30. The van der Waals surface area contributed by atoms with E-state index < -0.39 is 11.7 Å². The van der Waals surface area contributed by atoms with Gasteiger partial charge in [0.25, 0.3) is 0 Å². The number of hydrogen-bond acceptors (Lipinski definition) is 1. The monoisotopic (exact) mass is 280 g/mol. The zero-order valence-corrected chi connectivity index (χ0v) is 11.1. The highest BCUT2D eigenvalue weighted by molar-refractivity contribution is 5.59. The minimum Gasteiger partial charge on any atom is -0.334 e. The normalized spacial score (nSPS) is 18.9. The Kier molecular flexibility index (Phi) is 3.07. The Hall–Kier alpha value is -1.78. The van der Waals surface area contributed by atoms with Crippen molar-refractivity contribution in [3.8, 4) is 11.3 Å². The van der Waals surface area contributed by atoms with Gasteiger partial charge in [0.2, 0.25) is 0 Å². The van der Waals surface area contributed by atoms with Crippen molar-refractivity contribution >= 4 is 0 Å². The number of hydrogen-bond donors (Lipinski definition) is 0. The minimum atomic E-state index is -4.29. The molecule has 0 saturated heterocycles. The minimum absolute atomic E-state index is 0.409. The molecule has 3 rings (SSSR count). The van der Waals surface area contributed by atoms with Crippen molar-refractivity contribution < 1.29 is 13.2 Å². The fourth-order valence-electron chi connectivity index (χ4n) is 2.67. The molecular formula is C15H15F3N2. The fourth-order valence-corrected chi connectivity index (χ4v) is 2.67. The van der Waals surface area contributed by atoms with Gasteiger partial charge in [-0.25, -0.2) is 4.98 Å². The molecule has 106 valence electrons. The first-order valence-corrected chi connectivity index (χ1v) is 6.70. The number of aryl methyl sites for hydroxylation is 1. The van der Waals surface area contributed by atoms with Gasteiger partial charge in [0.1, 0.15) is 5.82 Å². The van der Waals surface area contributed by atoms with Crippen molar-refractivity contribution in [2.45, 2.75) is 38.4 Å². The molecule has 2 heterocycles. The highest BCUT2D eigenvalue weighted by atomic mass is 19.4. The third-order valence-electron chi connectivity index (χ3n) is 3.79. The van der Waals surface area contributed by atoms with Crippen LogP contribution in [0.2, 0.25) is 0 Å². The van der Waals surface area contributed by atoms with Crippen LogP contribution in [-0.4, -0.2) is 9.55 Å². The van der Waals surface area contributed by atoms with Gasteiger partial charge in [0.15, 0.2) is 0 Å². The van der Waals surface area contributed by atoms with Gasteiger partial charge in [0.05, 0.1) is 11.3 Å². The van der Waals surface area contributed by atoms with Crippen molar-refractivity contribution in [3.05, 3.63) is 41.9 Å². The Morgan fingerprint density at radius 3 is 2.50 bits per heavy atom. The van der Waals surface area contributed by atoms with Crippen molar-refractivity contribution in [2.24, 2.45) is 0 Å². The first kappa shape index (κ1) is 13.2. The summed E-state index contributed by atoms with van der Waals surface area (Å²) in [6.45, 7) is 3.07. The molecule has 0 spiro atoms. The molecule has 0 radical (unpaired) electrons. The molecule has 0 fully saturated rings. The lowest BCUT2D eigenvalue weighted by Crippen LogP contribution is -2.12. The number of rotatable bonds is 1. The lowest BCUT2D eigenvalue weighted by molar-refractivity contribution is -0.137. The highest BCUT2D eigenvalue weighted by Crippen LogP contribution is 2.32. The van der Waals surface area contributed by atoms with Crippen molar-refractivity contribution in [1.29, 1.82) is 0 Å². The summed E-state index contributed by atoms with van der Waals surface area (Å²) in [6, 6.07) is 5.19. The molecule has 1 aromatic carbocycles. The van der Waals surface area contributed by atoms with E-state index in [9.17, 15) is 13.2 Å². The van der Waals surface area contributed by atoms with E-state index in [1.807, 2.05) is 6.20 Å². The molecule has 1 atom stereocenters. The Morgan fingerprint density at radius 1 is 1.20 bits per heavy atom. The quantitative estimate of drug-likeness (QED) is 0.753. The third-order valence-corrected chi connectivity index (χ3v) is 3.79. The zero-order valence-electron chi connectivity index (χ0n) is 11.1. The zero-order chi connectivity index (χ0) is 14.3. The number of alkyl halides is 3. The summed E-state index contributed by atoms with van der Waals surface area (Å²) in [5.41, 5.74) is 0.855. The second kappa shape index (κ2) is 4.65. The lowest BCUT2D eigenvalue weighted by atomic mass is 10.0. The Morgan fingerprint density at radius 2 is 1.90 bits per heavy atom. The maximum Gasteiger partial charge on any atom is 0.416 e. The standard InChI is InChI=1S/C15H15F3N2/c1-10-3-2-8-20-9-13(19-14(10)20)11-4-6-12(7-5-11)15(16,17)18/h4-7,9-10H,2-3,8H2,1H3. The molecule has 20 heavy (non-hydrogen) atoms. The summed E-state index contributed by atoms with van der Waals surface area (Å²) in [5.74, 6) is 1.44. The second-order valence-corrected chi connectivity index (χ2v) is 5.30. The molecule has 0 amide bonds. The smallest absolute Gasteiger partial charge is 0.334 e. The molecule has 0 aliphatic carbocycles. The van der Waals surface area contributed by atoms with E-state index in [0.717, 1.165) is 48.6 Å². The summed E-state index contributed by atoms with van der Waals surface area (Å²) in [5, 5.41) is 0. The van der Waals surface area contributed by atoms with Crippen LogP contribution in [0.25, 0.3) is 11.3 Å². The van der Waals surface area contributed by atoms with Crippen LogP contribution in [0.15, 0.2) is 30.5 Å². The molecule has 1 aromatic heterocycles. The number of nitrogens with zero attached hydrogens (tertiary/aromatic N) is 2. The van der Waals surface area contributed by atoms with Gasteiger partial charge in [-0.05, 0) is 25.0 Å². The van der Waals surface area contributed by atoms with E-state index in [0.29, 0.717) is 5.92 Å². The summed E-state index contributed by atoms with van der Waals surface area (Å²) in [7, 11) is 0. The second-order valence-electron chi connectivity index (χ2n) is 5.30. The Balaban J connectivity index is 1.94. The van der Waals surface area contributed by atoms with Crippen molar-refractivity contribution in [2.75, 3.05) is 0 Å². The van der Waals surface area contributed by atoms with Gasteiger partial charge in [-0.1, -0.05) is 19.1 Å². The van der Waals surface area contributed by atoms with Gasteiger partial charge in [-0.3, -0.25) is 0 Å². The van der Waals surface area contributed by atoms with Gasteiger partial charge < -0.3 is 4.57 Å². The largest absolute Gasteiger partial charge is 0.416 e. The van der Waals surface area contributed by atoms with Crippen molar-refractivity contribution in [3.63, 3.8) is 0 Å². The lowest BCUT2D eigenvalue weighted by Gasteiger charge is -2.19. The maximum atomic E-state index is 12.5. The van der Waals surface area contributed by atoms with Crippen LogP contribution < -0.4 is 0 Å². The van der Waals surface area contributed by atoms with E-state index in [1.54, 1.807) is 0 Å². The third kappa shape index (κ3) is 2.32. The van der Waals surface area contributed by atoms with Gasteiger partial charge in [-0.15, -0.1) is 0 Å². The first-order chi connectivity index (χ1) is 9.45. The molecule has 0 saturated carbocycles. The molecule has 1 aliphatic rings. The van der Waals surface area contributed by atoms with E-state index in [-0.39, 0.29) is 0 Å². The topological polar surface area (TPSA) is 17.8 Å². The van der Waals surface area contributed by atoms with Gasteiger partial charge in [-0.2, -0.15) is 13.2 Å². The maximum absolute atomic E-state index is 12.5. The van der Waals surface area contributed by atoms with E-state index >= 15 is 0 Å². The predicted molar refractivity (Wildman–Crippen MR) is 70.3 cm³/mol. The number of fused-ring (bicyclic) bond motifs is 1. The predicted octanol–water partition coefficient (Wildman–Crippen LogP) is 4.47. The summed E-state index contributed by atoms with van der Waals surface area (Å²) in [6.07, 6.45) is -0.117. The van der Waals surface area contributed by atoms with E-state index in [2.05, 4.69) is 16.5 Å². The van der Waals surface area contributed by atoms with Crippen LogP contribution >= 0.6 is 0 Å². The Labute approximate surface area is 115 Å². The molecule has 0 bridgehead atoms. The number of halogens is 3. The van der Waals surface area contributed by atoms with Crippen LogP contribution in [0.3, 0.4) is 0 Å². The van der Waals surface area contributed by atoms with E-state index in [1.165, 1.54) is 12.1 Å². The molecule has 2 nitrogen and oxygen atoms in total. The van der Waals surface area contributed by atoms with Gasteiger partial charge >= 0.3 is 6.18 Å². The summed E-state index contributed by atoms with van der Waals surface area (Å²) < 4.78 is 39.7. The van der Waals surface area contributed by atoms with Crippen LogP contribution in [0.1, 0.15) is 37.1 Å². The SMILES string of the molecule is CC1CCCn2cc(-c3ccc(C(F)(F)F)cc3)nc21. The summed E-state index contributed by atoms with van der Waals surface area (Å²) in [4.78, 5) is 4.58. The number of benzene rings is 1. The first-order valence-electron chi connectivity index (χ1n) is 6.70. The average Bonchev–Trinajstić information content (AvgIpc) is 2.83. The van der Waals surface area contributed by atoms with Crippen LogP contribution in [0, 0.1) is 0 Å². The van der Waals surface area contributed by atoms with Gasteiger partial charge in [0, 0.05) is 24.2 Å². The molecule has 1 unspecified atom stereocenters. The summed E-state index contributed by atoms with van der Waals surface area (Å²) >= 11 is 0. The Bertz CT molecular complexity index is 611. The number of imidazole rings is 1. The van der Waals surface area contributed by atoms with E-state index in [4.69, 9.17) is 0 Å². The number of aromatic nitrogens is 2. The van der Waals surface area contributed by atoms with Crippen LogP contribution in [0.5, 0.6) is 0 Å². The molecule has 2 aromatic rings. The fraction of sp³-hybridized carbons (Fsp3) is 0.400.